The van der Waals surface area contributed by atoms with Crippen molar-refractivity contribution in [1.29, 1.82) is 0 Å². The number of amides is 2. The fraction of sp³-hybridized carbons (Fsp3) is 0.500. The number of nitrogens with zero attached hydrogens (tertiary/aromatic N) is 1. The molecule has 2 rings (SSSR count). The summed E-state index contributed by atoms with van der Waals surface area (Å²) in [6.07, 6.45) is 1.28. The van der Waals surface area contributed by atoms with E-state index < -0.39 is 18.0 Å². The van der Waals surface area contributed by atoms with Gasteiger partial charge < -0.3 is 16.4 Å². The third-order valence-electron chi connectivity index (χ3n) is 4.40. The largest absolute Gasteiger partial charge is 0.368 e. The number of benzene rings is 1. The van der Waals surface area contributed by atoms with Gasteiger partial charge in [-0.3, -0.25) is 9.59 Å². The molecule has 0 saturated carbocycles. The van der Waals surface area contributed by atoms with Crippen molar-refractivity contribution in [2.45, 2.75) is 45.3 Å². The summed E-state index contributed by atoms with van der Waals surface area (Å²) in [6.45, 7) is 4.33. The van der Waals surface area contributed by atoms with Gasteiger partial charge in [0, 0.05) is 13.0 Å². The summed E-state index contributed by atoms with van der Waals surface area (Å²) in [5, 5.41) is 0. The molecule has 21 heavy (non-hydrogen) atoms. The van der Waals surface area contributed by atoms with Crippen LogP contribution in [0.5, 0.6) is 0 Å². The minimum atomic E-state index is -0.609. The standard InChI is InChI=1S/C16H23N3O2/c1-3-10(2)14(17)16(21)19-9-12-7-5-4-6-11(12)8-13(19)15(18)20/h4-7,10,13-14H,3,8-9,17H2,1-2H3,(H2,18,20)/t10-,13-,14-/m0/s1. The first-order valence-electron chi connectivity index (χ1n) is 7.37. The van der Waals surface area contributed by atoms with Crippen LogP contribution in [-0.4, -0.2) is 28.8 Å². The van der Waals surface area contributed by atoms with Crippen LogP contribution in [0.3, 0.4) is 0 Å². The summed E-state index contributed by atoms with van der Waals surface area (Å²) in [7, 11) is 0. The van der Waals surface area contributed by atoms with Crippen LogP contribution in [0.2, 0.25) is 0 Å². The lowest BCUT2D eigenvalue weighted by atomic mass is 9.91. The third kappa shape index (κ3) is 3.08. The monoisotopic (exact) mass is 289 g/mol. The Hall–Kier alpha value is -1.88. The smallest absolute Gasteiger partial charge is 0.240 e. The number of fused-ring (bicyclic) bond motifs is 1. The van der Waals surface area contributed by atoms with E-state index in [0.29, 0.717) is 13.0 Å². The van der Waals surface area contributed by atoms with Crippen LogP contribution in [0.1, 0.15) is 31.4 Å². The van der Waals surface area contributed by atoms with E-state index in [2.05, 4.69) is 0 Å². The molecule has 5 heteroatoms. The van der Waals surface area contributed by atoms with Crippen LogP contribution < -0.4 is 11.5 Å². The van der Waals surface area contributed by atoms with Gasteiger partial charge in [0.15, 0.2) is 0 Å². The molecule has 4 N–H and O–H groups in total. The minimum Gasteiger partial charge on any atom is -0.368 e. The highest BCUT2D eigenvalue weighted by atomic mass is 16.2. The summed E-state index contributed by atoms with van der Waals surface area (Å²) in [6, 6.07) is 6.60. The molecular formula is C16H23N3O2. The zero-order valence-electron chi connectivity index (χ0n) is 12.6. The number of hydrogen-bond donors (Lipinski definition) is 2. The van der Waals surface area contributed by atoms with Gasteiger partial charge in [0.1, 0.15) is 6.04 Å². The average Bonchev–Trinajstić information content (AvgIpc) is 2.51. The normalized spacial score (nSPS) is 20.5. The molecule has 0 bridgehead atoms. The first-order valence-corrected chi connectivity index (χ1v) is 7.37. The van der Waals surface area contributed by atoms with Gasteiger partial charge in [0.2, 0.25) is 11.8 Å². The molecular weight excluding hydrogens is 266 g/mol. The highest BCUT2D eigenvalue weighted by Gasteiger charge is 2.36. The summed E-state index contributed by atoms with van der Waals surface area (Å²) < 4.78 is 0. The third-order valence-corrected chi connectivity index (χ3v) is 4.40. The Balaban J connectivity index is 2.28. The fourth-order valence-electron chi connectivity index (χ4n) is 2.70. The van der Waals surface area contributed by atoms with Crippen LogP contribution in [-0.2, 0) is 22.6 Å². The predicted molar refractivity (Wildman–Crippen MR) is 81.1 cm³/mol. The zero-order chi connectivity index (χ0) is 15.6. The number of carbonyl (C=O) groups excluding carboxylic acids is 2. The van der Waals surface area contributed by atoms with Crippen molar-refractivity contribution in [2.24, 2.45) is 17.4 Å². The van der Waals surface area contributed by atoms with E-state index in [-0.39, 0.29) is 11.8 Å². The van der Waals surface area contributed by atoms with Crippen molar-refractivity contribution in [3.05, 3.63) is 35.4 Å². The maximum absolute atomic E-state index is 12.6. The van der Waals surface area contributed by atoms with E-state index in [9.17, 15) is 9.59 Å². The molecule has 0 aromatic heterocycles. The molecule has 0 spiro atoms. The summed E-state index contributed by atoms with van der Waals surface area (Å²) in [5.74, 6) is -0.597. The maximum Gasteiger partial charge on any atom is 0.240 e. The molecule has 1 aromatic carbocycles. The van der Waals surface area contributed by atoms with Crippen molar-refractivity contribution < 1.29 is 9.59 Å². The number of primary amides is 1. The Bertz CT molecular complexity index is 544. The lowest BCUT2D eigenvalue weighted by Crippen LogP contribution is -2.56. The lowest BCUT2D eigenvalue weighted by molar-refractivity contribution is -0.142. The van der Waals surface area contributed by atoms with Crippen LogP contribution in [0.25, 0.3) is 0 Å². The lowest BCUT2D eigenvalue weighted by Gasteiger charge is -2.37. The SMILES string of the molecule is CC[C@H](C)[C@H](N)C(=O)N1Cc2ccccc2C[C@H]1C(N)=O. The topological polar surface area (TPSA) is 89.4 Å². The van der Waals surface area contributed by atoms with Gasteiger partial charge in [-0.05, 0) is 17.0 Å². The second kappa shape index (κ2) is 6.26. The minimum absolute atomic E-state index is 0.0724. The molecule has 0 unspecified atom stereocenters. The molecule has 1 aliphatic rings. The Kier molecular flexibility index (Phi) is 4.63. The highest BCUT2D eigenvalue weighted by Crippen LogP contribution is 2.24. The maximum atomic E-state index is 12.6. The molecule has 0 fully saturated rings. The van der Waals surface area contributed by atoms with Gasteiger partial charge >= 0.3 is 0 Å². The van der Waals surface area contributed by atoms with E-state index in [1.165, 1.54) is 0 Å². The van der Waals surface area contributed by atoms with E-state index in [1.54, 1.807) is 4.90 Å². The predicted octanol–water partition coefficient (Wildman–Crippen LogP) is 0.799. The van der Waals surface area contributed by atoms with E-state index in [0.717, 1.165) is 17.5 Å². The Morgan fingerprint density at radius 3 is 2.52 bits per heavy atom. The van der Waals surface area contributed by atoms with Crippen molar-refractivity contribution in [3.63, 3.8) is 0 Å². The number of nitrogens with two attached hydrogens (primary N) is 2. The molecule has 3 atom stereocenters. The van der Waals surface area contributed by atoms with Gasteiger partial charge in [-0.1, -0.05) is 44.5 Å². The molecule has 0 radical (unpaired) electrons. The summed E-state index contributed by atoms with van der Waals surface area (Å²) in [4.78, 5) is 25.9. The first kappa shape index (κ1) is 15.5. The van der Waals surface area contributed by atoms with Crippen LogP contribution in [0, 0.1) is 5.92 Å². The number of hydrogen-bond acceptors (Lipinski definition) is 3. The van der Waals surface area contributed by atoms with Crippen LogP contribution in [0.15, 0.2) is 24.3 Å². The van der Waals surface area contributed by atoms with Gasteiger partial charge in [-0.2, -0.15) is 0 Å². The van der Waals surface area contributed by atoms with Crippen molar-refractivity contribution in [1.82, 2.24) is 4.90 Å². The molecule has 0 saturated heterocycles. The van der Waals surface area contributed by atoms with Crippen molar-refractivity contribution >= 4 is 11.8 Å². The summed E-state index contributed by atoms with van der Waals surface area (Å²) >= 11 is 0. The van der Waals surface area contributed by atoms with Crippen molar-refractivity contribution in [2.75, 3.05) is 0 Å². The van der Waals surface area contributed by atoms with Crippen LogP contribution >= 0.6 is 0 Å². The van der Waals surface area contributed by atoms with E-state index in [4.69, 9.17) is 11.5 Å². The average molecular weight is 289 g/mol. The number of carbonyl (C=O) groups is 2. The Labute approximate surface area is 125 Å². The zero-order valence-corrected chi connectivity index (χ0v) is 12.6. The van der Waals surface area contributed by atoms with Gasteiger partial charge in [0.25, 0.3) is 0 Å². The Morgan fingerprint density at radius 2 is 1.95 bits per heavy atom. The molecule has 0 aliphatic carbocycles. The second-order valence-corrected chi connectivity index (χ2v) is 5.77. The number of rotatable bonds is 4. The Morgan fingerprint density at radius 1 is 1.33 bits per heavy atom. The molecule has 1 aromatic rings. The molecule has 2 amide bonds. The van der Waals surface area contributed by atoms with Crippen LogP contribution in [0.4, 0.5) is 0 Å². The molecule has 114 valence electrons. The highest BCUT2D eigenvalue weighted by molar-refractivity contribution is 5.89. The molecule has 1 aliphatic heterocycles. The summed E-state index contributed by atoms with van der Waals surface area (Å²) in [5.41, 5.74) is 13.7. The first-order chi connectivity index (χ1) is 9.95. The fourth-order valence-corrected chi connectivity index (χ4v) is 2.70. The van der Waals surface area contributed by atoms with Gasteiger partial charge in [-0.15, -0.1) is 0 Å². The quantitative estimate of drug-likeness (QED) is 0.859. The van der Waals surface area contributed by atoms with Gasteiger partial charge in [-0.25, -0.2) is 0 Å². The van der Waals surface area contributed by atoms with Gasteiger partial charge in [0.05, 0.1) is 6.04 Å². The molecule has 5 nitrogen and oxygen atoms in total. The molecule has 1 heterocycles. The van der Waals surface area contributed by atoms with E-state index in [1.807, 2.05) is 38.1 Å². The second-order valence-electron chi connectivity index (χ2n) is 5.77. The van der Waals surface area contributed by atoms with Crippen molar-refractivity contribution in [3.8, 4) is 0 Å². The van der Waals surface area contributed by atoms with E-state index >= 15 is 0 Å².